The molecular formula is C9H10FO2P. The van der Waals surface area contributed by atoms with E-state index in [0.29, 0.717) is 12.0 Å². The minimum atomic E-state index is -1.76. The van der Waals surface area contributed by atoms with Gasteiger partial charge in [0.25, 0.3) is 0 Å². The van der Waals surface area contributed by atoms with E-state index >= 15 is 0 Å². The summed E-state index contributed by atoms with van der Waals surface area (Å²) in [6.07, 6.45) is 0.329. The van der Waals surface area contributed by atoms with Gasteiger partial charge in [-0.15, -0.1) is 0 Å². The summed E-state index contributed by atoms with van der Waals surface area (Å²) in [6, 6.07) is 6.40. The molecule has 1 aromatic carbocycles. The Morgan fingerprint density at radius 3 is 2.85 bits per heavy atom. The molecule has 0 fully saturated rings. The molecule has 0 aliphatic heterocycles. The standard InChI is InChI=1S/C9H10FO2P/c1-12-13(11)7-6-8-4-2-3-5-9(8)10/h2-5,7H,6H2,1H3. The maximum atomic E-state index is 13.0. The second kappa shape index (κ2) is 5.07. The number of hydrogen-bond acceptors (Lipinski definition) is 2. The Kier molecular flexibility index (Phi) is 4.03. The molecule has 1 unspecified atom stereocenters. The van der Waals surface area contributed by atoms with Crippen LogP contribution >= 0.6 is 8.00 Å². The highest BCUT2D eigenvalue weighted by molar-refractivity contribution is 7.44. The summed E-state index contributed by atoms with van der Waals surface area (Å²) in [7, 11) is -0.398. The molecule has 1 atom stereocenters. The molecule has 0 heterocycles. The first-order valence-corrected chi connectivity index (χ1v) is 5.06. The lowest BCUT2D eigenvalue weighted by atomic mass is 10.2. The Morgan fingerprint density at radius 2 is 2.23 bits per heavy atom. The van der Waals surface area contributed by atoms with E-state index in [1.807, 2.05) is 0 Å². The summed E-state index contributed by atoms with van der Waals surface area (Å²) in [6.45, 7) is 0. The molecule has 0 saturated heterocycles. The molecule has 0 amide bonds. The summed E-state index contributed by atoms with van der Waals surface area (Å²) < 4.78 is 17.5. The van der Waals surface area contributed by atoms with Crippen LogP contribution in [0.4, 0.5) is 4.39 Å². The van der Waals surface area contributed by atoms with Crippen LogP contribution in [0, 0.1) is 5.82 Å². The number of hydrogen-bond donors (Lipinski definition) is 0. The largest absolute Gasteiger partial charge is 0.603 e. The quantitative estimate of drug-likeness (QED) is 0.692. The molecule has 0 aliphatic rings. The van der Waals surface area contributed by atoms with Gasteiger partial charge in [0.15, 0.2) is 0 Å². The van der Waals surface area contributed by atoms with Crippen molar-refractivity contribution in [1.82, 2.24) is 0 Å². The first kappa shape index (κ1) is 10.3. The Morgan fingerprint density at radius 1 is 1.54 bits per heavy atom. The van der Waals surface area contributed by atoms with Crippen LogP contribution in [0.1, 0.15) is 5.56 Å². The van der Waals surface area contributed by atoms with Crippen molar-refractivity contribution in [3.63, 3.8) is 0 Å². The van der Waals surface area contributed by atoms with Crippen molar-refractivity contribution in [2.24, 2.45) is 0 Å². The maximum Gasteiger partial charge on any atom is 0.216 e. The van der Waals surface area contributed by atoms with Crippen molar-refractivity contribution in [2.75, 3.05) is 7.11 Å². The van der Waals surface area contributed by atoms with E-state index < -0.39 is 8.00 Å². The molecule has 1 aromatic rings. The van der Waals surface area contributed by atoms with Crippen molar-refractivity contribution in [2.45, 2.75) is 6.42 Å². The average molecular weight is 200 g/mol. The van der Waals surface area contributed by atoms with Gasteiger partial charge in [0.05, 0.1) is 7.11 Å². The summed E-state index contributed by atoms with van der Waals surface area (Å²) >= 11 is 0. The zero-order chi connectivity index (χ0) is 9.68. The van der Waals surface area contributed by atoms with E-state index in [1.165, 1.54) is 19.0 Å². The summed E-state index contributed by atoms with van der Waals surface area (Å²) in [5, 5.41) is 0. The molecule has 0 aliphatic carbocycles. The molecule has 0 spiro atoms. The van der Waals surface area contributed by atoms with Crippen molar-refractivity contribution in [1.29, 1.82) is 0 Å². The van der Waals surface area contributed by atoms with E-state index in [-0.39, 0.29) is 5.82 Å². The summed E-state index contributed by atoms with van der Waals surface area (Å²) in [5.41, 5.74) is 0.530. The second-order valence-electron chi connectivity index (χ2n) is 2.45. The highest BCUT2D eigenvalue weighted by atomic mass is 31.1. The Balaban J connectivity index is 2.70. The highest BCUT2D eigenvalue weighted by Gasteiger charge is 2.00. The smallest absolute Gasteiger partial charge is 0.216 e. The SMILES string of the molecule is CO[P+]([O-])=CCc1ccccc1F. The first-order chi connectivity index (χ1) is 6.24. The van der Waals surface area contributed by atoms with E-state index in [9.17, 15) is 9.28 Å². The van der Waals surface area contributed by atoms with Crippen LogP contribution in [0.5, 0.6) is 0 Å². The fourth-order valence-corrected chi connectivity index (χ4v) is 1.41. The minimum absolute atomic E-state index is 0.279. The van der Waals surface area contributed by atoms with Gasteiger partial charge < -0.3 is 4.89 Å². The van der Waals surface area contributed by atoms with Crippen LogP contribution in [-0.2, 0) is 10.9 Å². The van der Waals surface area contributed by atoms with Gasteiger partial charge in [-0.2, -0.15) is 4.52 Å². The molecule has 13 heavy (non-hydrogen) atoms. The third-order valence-corrected chi connectivity index (χ3v) is 2.44. The third-order valence-electron chi connectivity index (χ3n) is 1.60. The fraction of sp³-hybridized carbons (Fsp3) is 0.222. The molecule has 0 bridgehead atoms. The third kappa shape index (κ3) is 3.23. The Hall–Kier alpha value is -0.760. The van der Waals surface area contributed by atoms with Gasteiger partial charge in [-0.3, -0.25) is 0 Å². The van der Waals surface area contributed by atoms with Crippen LogP contribution in [0.25, 0.3) is 0 Å². The van der Waals surface area contributed by atoms with Crippen molar-refractivity contribution < 1.29 is 13.8 Å². The number of rotatable bonds is 3. The van der Waals surface area contributed by atoms with Gasteiger partial charge in [0, 0.05) is 6.42 Å². The van der Waals surface area contributed by atoms with Gasteiger partial charge in [0.2, 0.25) is 8.00 Å². The van der Waals surface area contributed by atoms with Gasteiger partial charge in [-0.25, -0.2) is 4.39 Å². The lowest BCUT2D eigenvalue weighted by Crippen LogP contribution is -1.96. The monoisotopic (exact) mass is 200 g/mol. The first-order valence-electron chi connectivity index (χ1n) is 3.81. The number of halogens is 1. The zero-order valence-electron chi connectivity index (χ0n) is 7.24. The molecule has 0 N–H and O–H groups in total. The number of benzene rings is 1. The Bertz CT molecular complexity index is 312. The molecule has 0 saturated carbocycles. The predicted octanol–water partition coefficient (Wildman–Crippen LogP) is 1.49. The Labute approximate surface area is 77.5 Å². The zero-order valence-corrected chi connectivity index (χ0v) is 8.13. The predicted molar refractivity (Wildman–Crippen MR) is 50.1 cm³/mol. The van der Waals surface area contributed by atoms with E-state index in [0.717, 1.165) is 0 Å². The molecule has 2 nitrogen and oxygen atoms in total. The minimum Gasteiger partial charge on any atom is -0.603 e. The fourth-order valence-electron chi connectivity index (χ4n) is 0.911. The molecule has 4 heteroatoms. The second-order valence-corrected chi connectivity index (χ2v) is 3.75. The normalized spacial score (nSPS) is 11.8. The van der Waals surface area contributed by atoms with Gasteiger partial charge in [-0.1, -0.05) is 18.2 Å². The van der Waals surface area contributed by atoms with E-state index in [4.69, 9.17) is 0 Å². The lowest BCUT2D eigenvalue weighted by molar-refractivity contribution is -0.170. The van der Waals surface area contributed by atoms with Crippen molar-refractivity contribution >= 4 is 13.8 Å². The molecular weight excluding hydrogens is 190 g/mol. The van der Waals surface area contributed by atoms with Crippen LogP contribution < -0.4 is 4.89 Å². The molecule has 70 valence electrons. The molecule has 1 rings (SSSR count). The summed E-state index contributed by atoms with van der Waals surface area (Å²) in [5.74, 6) is 1.17. The highest BCUT2D eigenvalue weighted by Crippen LogP contribution is 2.12. The summed E-state index contributed by atoms with van der Waals surface area (Å²) in [4.78, 5) is 10.8. The molecule has 0 radical (unpaired) electrons. The van der Waals surface area contributed by atoms with E-state index in [2.05, 4.69) is 4.52 Å². The lowest BCUT2D eigenvalue weighted by Gasteiger charge is -1.96. The van der Waals surface area contributed by atoms with Crippen LogP contribution in [-0.4, -0.2) is 12.9 Å². The average Bonchev–Trinajstić information content (AvgIpc) is 2.16. The van der Waals surface area contributed by atoms with E-state index in [1.54, 1.807) is 18.2 Å². The van der Waals surface area contributed by atoms with Gasteiger partial charge in [-0.05, 0) is 11.6 Å². The van der Waals surface area contributed by atoms with Gasteiger partial charge >= 0.3 is 0 Å². The topological polar surface area (TPSA) is 32.3 Å². The van der Waals surface area contributed by atoms with Crippen LogP contribution in [0.2, 0.25) is 0 Å². The van der Waals surface area contributed by atoms with Crippen LogP contribution in [0.3, 0.4) is 0 Å². The van der Waals surface area contributed by atoms with Crippen molar-refractivity contribution in [3.05, 3.63) is 35.6 Å². The van der Waals surface area contributed by atoms with Crippen LogP contribution in [0.15, 0.2) is 24.3 Å². The molecule has 0 aromatic heterocycles. The maximum absolute atomic E-state index is 13.0. The van der Waals surface area contributed by atoms with Crippen molar-refractivity contribution in [3.8, 4) is 0 Å². The van der Waals surface area contributed by atoms with Gasteiger partial charge in [0.1, 0.15) is 11.6 Å².